The predicted molar refractivity (Wildman–Crippen MR) is 70.9 cm³/mol. The van der Waals surface area contributed by atoms with Crippen LogP contribution in [0.25, 0.3) is 0 Å². The highest BCUT2D eigenvalue weighted by Crippen LogP contribution is 2.22. The van der Waals surface area contributed by atoms with E-state index in [-0.39, 0.29) is 0 Å². The molecule has 0 aromatic heterocycles. The molecular formula is C13H18BrNO. The lowest BCUT2D eigenvalue weighted by molar-refractivity contribution is 0.0637. The first kappa shape index (κ1) is 11.9. The first-order valence-electron chi connectivity index (χ1n) is 5.80. The Kier molecular flexibility index (Phi) is 3.87. The Morgan fingerprint density at radius 1 is 1.44 bits per heavy atom. The van der Waals surface area contributed by atoms with Crippen LogP contribution in [-0.4, -0.2) is 18.8 Å². The molecule has 1 saturated heterocycles. The van der Waals surface area contributed by atoms with E-state index in [0.29, 0.717) is 12.2 Å². The zero-order chi connectivity index (χ0) is 11.5. The van der Waals surface area contributed by atoms with E-state index >= 15 is 0 Å². The number of aryl methyl sites for hydroxylation is 1. The molecule has 3 heteroatoms. The SMILES string of the molecule is Cc1cc(Br)ccc1NCC1CCC(C)O1. The molecule has 1 aliphatic heterocycles. The van der Waals surface area contributed by atoms with Crippen LogP contribution in [0.5, 0.6) is 0 Å². The molecule has 0 saturated carbocycles. The largest absolute Gasteiger partial charge is 0.382 e. The second-order valence-corrected chi connectivity index (χ2v) is 5.40. The van der Waals surface area contributed by atoms with Gasteiger partial charge in [0.2, 0.25) is 0 Å². The van der Waals surface area contributed by atoms with Gasteiger partial charge in [-0.25, -0.2) is 0 Å². The average molecular weight is 284 g/mol. The van der Waals surface area contributed by atoms with Gasteiger partial charge in [-0.3, -0.25) is 0 Å². The van der Waals surface area contributed by atoms with Crippen molar-refractivity contribution in [2.45, 2.75) is 38.9 Å². The van der Waals surface area contributed by atoms with Gasteiger partial charge in [0, 0.05) is 16.7 Å². The Morgan fingerprint density at radius 3 is 2.88 bits per heavy atom. The first-order chi connectivity index (χ1) is 7.65. The fraction of sp³-hybridized carbons (Fsp3) is 0.538. The van der Waals surface area contributed by atoms with Crippen molar-refractivity contribution in [1.29, 1.82) is 0 Å². The molecule has 0 bridgehead atoms. The number of benzene rings is 1. The quantitative estimate of drug-likeness (QED) is 0.913. The Morgan fingerprint density at radius 2 is 2.25 bits per heavy atom. The molecule has 1 fully saturated rings. The summed E-state index contributed by atoms with van der Waals surface area (Å²) in [7, 11) is 0. The summed E-state index contributed by atoms with van der Waals surface area (Å²) in [4.78, 5) is 0. The average Bonchev–Trinajstić information content (AvgIpc) is 2.63. The summed E-state index contributed by atoms with van der Waals surface area (Å²) >= 11 is 3.47. The molecule has 1 aliphatic rings. The van der Waals surface area contributed by atoms with Crippen molar-refractivity contribution < 1.29 is 4.74 Å². The number of halogens is 1. The lowest BCUT2D eigenvalue weighted by Crippen LogP contribution is -2.20. The van der Waals surface area contributed by atoms with Crippen molar-refractivity contribution in [3.8, 4) is 0 Å². The van der Waals surface area contributed by atoms with E-state index in [4.69, 9.17) is 4.74 Å². The van der Waals surface area contributed by atoms with Crippen LogP contribution in [0.4, 0.5) is 5.69 Å². The highest BCUT2D eigenvalue weighted by Gasteiger charge is 2.21. The predicted octanol–water partition coefficient (Wildman–Crippen LogP) is 3.74. The highest BCUT2D eigenvalue weighted by molar-refractivity contribution is 9.10. The molecule has 16 heavy (non-hydrogen) atoms. The second kappa shape index (κ2) is 5.19. The summed E-state index contributed by atoms with van der Waals surface area (Å²) in [5.41, 5.74) is 2.46. The van der Waals surface area contributed by atoms with Gasteiger partial charge < -0.3 is 10.1 Å². The van der Waals surface area contributed by atoms with Crippen molar-refractivity contribution in [2.24, 2.45) is 0 Å². The normalized spacial score (nSPS) is 24.7. The summed E-state index contributed by atoms with van der Waals surface area (Å²) in [5.74, 6) is 0. The van der Waals surface area contributed by atoms with Crippen molar-refractivity contribution in [2.75, 3.05) is 11.9 Å². The monoisotopic (exact) mass is 283 g/mol. The van der Waals surface area contributed by atoms with Crippen molar-refractivity contribution in [3.05, 3.63) is 28.2 Å². The van der Waals surface area contributed by atoms with Gasteiger partial charge in [-0.2, -0.15) is 0 Å². The lowest BCUT2D eigenvalue weighted by atomic mass is 10.2. The van der Waals surface area contributed by atoms with E-state index in [1.54, 1.807) is 0 Å². The van der Waals surface area contributed by atoms with Gasteiger partial charge in [-0.1, -0.05) is 15.9 Å². The van der Waals surface area contributed by atoms with E-state index in [1.807, 2.05) is 0 Å². The third kappa shape index (κ3) is 2.98. The molecule has 88 valence electrons. The third-order valence-corrected chi connectivity index (χ3v) is 3.52. The number of hydrogen-bond acceptors (Lipinski definition) is 2. The molecule has 2 rings (SSSR count). The number of rotatable bonds is 3. The van der Waals surface area contributed by atoms with Crippen LogP contribution in [0.3, 0.4) is 0 Å². The molecule has 1 aromatic carbocycles. The smallest absolute Gasteiger partial charge is 0.0751 e. The van der Waals surface area contributed by atoms with Crippen LogP contribution in [-0.2, 0) is 4.74 Å². The summed E-state index contributed by atoms with van der Waals surface area (Å²) in [6.07, 6.45) is 3.16. The van der Waals surface area contributed by atoms with E-state index in [1.165, 1.54) is 24.1 Å². The summed E-state index contributed by atoms with van der Waals surface area (Å²) < 4.78 is 6.90. The number of nitrogens with one attached hydrogen (secondary N) is 1. The topological polar surface area (TPSA) is 21.3 Å². The molecule has 0 spiro atoms. The van der Waals surface area contributed by atoms with Gasteiger partial charge in [-0.05, 0) is 50.5 Å². The molecular weight excluding hydrogens is 266 g/mol. The van der Waals surface area contributed by atoms with Gasteiger partial charge in [0.15, 0.2) is 0 Å². The van der Waals surface area contributed by atoms with Crippen molar-refractivity contribution in [1.82, 2.24) is 0 Å². The minimum absolute atomic E-state index is 0.373. The maximum absolute atomic E-state index is 5.77. The first-order valence-corrected chi connectivity index (χ1v) is 6.60. The Balaban J connectivity index is 1.89. The third-order valence-electron chi connectivity index (χ3n) is 3.03. The summed E-state index contributed by atoms with van der Waals surface area (Å²) in [6.45, 7) is 5.17. The van der Waals surface area contributed by atoms with Crippen LogP contribution in [0.1, 0.15) is 25.3 Å². The zero-order valence-corrected chi connectivity index (χ0v) is 11.4. The lowest BCUT2D eigenvalue weighted by Gasteiger charge is -2.14. The number of ether oxygens (including phenoxy) is 1. The fourth-order valence-corrected chi connectivity index (χ4v) is 2.56. The van der Waals surface area contributed by atoms with Gasteiger partial charge in [0.05, 0.1) is 12.2 Å². The molecule has 0 aliphatic carbocycles. The summed E-state index contributed by atoms with van der Waals surface area (Å²) in [5, 5.41) is 3.46. The maximum atomic E-state index is 5.77. The van der Waals surface area contributed by atoms with Crippen LogP contribution in [0.15, 0.2) is 22.7 Å². The van der Waals surface area contributed by atoms with Crippen LogP contribution >= 0.6 is 15.9 Å². The van der Waals surface area contributed by atoms with Crippen LogP contribution < -0.4 is 5.32 Å². The Hall–Kier alpha value is -0.540. The van der Waals surface area contributed by atoms with Gasteiger partial charge >= 0.3 is 0 Å². The van der Waals surface area contributed by atoms with Crippen molar-refractivity contribution in [3.63, 3.8) is 0 Å². The molecule has 0 radical (unpaired) electrons. The Bertz CT molecular complexity index is 367. The van der Waals surface area contributed by atoms with Gasteiger partial charge in [-0.15, -0.1) is 0 Å². The number of anilines is 1. The molecule has 1 heterocycles. The standard InChI is InChI=1S/C13H18BrNO/c1-9-7-11(14)4-6-13(9)15-8-12-5-3-10(2)16-12/h4,6-7,10,12,15H,3,5,8H2,1-2H3. The molecule has 2 nitrogen and oxygen atoms in total. The highest BCUT2D eigenvalue weighted by atomic mass is 79.9. The van der Waals surface area contributed by atoms with E-state index < -0.39 is 0 Å². The molecule has 2 unspecified atom stereocenters. The van der Waals surface area contributed by atoms with E-state index in [2.05, 4.69) is 53.3 Å². The van der Waals surface area contributed by atoms with Crippen molar-refractivity contribution >= 4 is 21.6 Å². The van der Waals surface area contributed by atoms with E-state index in [9.17, 15) is 0 Å². The van der Waals surface area contributed by atoms with Crippen LogP contribution in [0.2, 0.25) is 0 Å². The number of hydrogen-bond donors (Lipinski definition) is 1. The minimum Gasteiger partial charge on any atom is -0.382 e. The molecule has 1 N–H and O–H groups in total. The van der Waals surface area contributed by atoms with Crippen LogP contribution in [0, 0.1) is 6.92 Å². The van der Waals surface area contributed by atoms with Gasteiger partial charge in [0.1, 0.15) is 0 Å². The molecule has 2 atom stereocenters. The summed E-state index contributed by atoms with van der Waals surface area (Å²) in [6, 6.07) is 6.30. The zero-order valence-electron chi connectivity index (χ0n) is 9.79. The maximum Gasteiger partial charge on any atom is 0.0751 e. The van der Waals surface area contributed by atoms with E-state index in [0.717, 1.165) is 11.0 Å². The minimum atomic E-state index is 0.373. The molecule has 0 amide bonds. The second-order valence-electron chi connectivity index (χ2n) is 4.49. The van der Waals surface area contributed by atoms with Gasteiger partial charge in [0.25, 0.3) is 0 Å². The molecule has 1 aromatic rings. The fourth-order valence-electron chi connectivity index (χ4n) is 2.08. The Labute approximate surface area is 106 Å².